The number of carbonyl (C=O) groups is 1. The molecule has 10 heteroatoms. The number of ether oxygens (including phenoxy) is 2. The summed E-state index contributed by atoms with van der Waals surface area (Å²) in [6, 6.07) is 7.94. The zero-order valence-corrected chi connectivity index (χ0v) is 15.3. The molecule has 0 radical (unpaired) electrons. The van der Waals surface area contributed by atoms with Gasteiger partial charge < -0.3 is 9.47 Å². The second kappa shape index (κ2) is 7.90. The molecule has 0 unspecified atom stereocenters. The van der Waals surface area contributed by atoms with E-state index < -0.39 is 29.2 Å². The molecule has 0 aliphatic rings. The molecule has 0 amide bonds. The van der Waals surface area contributed by atoms with Gasteiger partial charge in [0.05, 0.1) is 25.6 Å². The zero-order chi connectivity index (χ0) is 21.2. The summed E-state index contributed by atoms with van der Waals surface area (Å²) in [4.78, 5) is 16.1. The fourth-order valence-corrected chi connectivity index (χ4v) is 2.72. The van der Waals surface area contributed by atoms with Gasteiger partial charge in [0.25, 0.3) is 0 Å². The molecule has 3 rings (SSSR count). The summed E-state index contributed by atoms with van der Waals surface area (Å²) in [6.07, 6.45) is -4.12. The number of rotatable bonds is 5. The largest absolute Gasteiger partial charge is 0.496 e. The first kappa shape index (κ1) is 20.3. The molecular formula is C19H15F4N3O3. The predicted molar refractivity (Wildman–Crippen MR) is 94.3 cm³/mol. The van der Waals surface area contributed by atoms with Gasteiger partial charge in [-0.25, -0.2) is 18.9 Å². The van der Waals surface area contributed by atoms with Crippen LogP contribution in [0, 0.1) is 5.82 Å². The van der Waals surface area contributed by atoms with Crippen molar-refractivity contribution >= 4 is 5.97 Å². The third kappa shape index (κ3) is 4.05. The van der Waals surface area contributed by atoms with E-state index in [0.29, 0.717) is 10.4 Å². The molecule has 29 heavy (non-hydrogen) atoms. The number of esters is 1. The van der Waals surface area contributed by atoms with E-state index >= 15 is 0 Å². The third-order valence-electron chi connectivity index (χ3n) is 3.92. The lowest BCUT2D eigenvalue weighted by atomic mass is 10.1. The molecule has 1 aromatic carbocycles. The lowest BCUT2D eigenvalue weighted by molar-refractivity contribution is -0.143. The van der Waals surface area contributed by atoms with Gasteiger partial charge in [0.1, 0.15) is 17.1 Å². The number of pyridine rings is 1. The van der Waals surface area contributed by atoms with Crippen LogP contribution >= 0.6 is 0 Å². The maximum Gasteiger partial charge on any atom is 0.434 e. The van der Waals surface area contributed by atoms with E-state index in [-0.39, 0.29) is 23.7 Å². The standard InChI is InChI=1S/C19H15F4N3O3/c1-3-29-18(27)13-10-24-26(17(13)19(21,22)23)16-6-4-5-14(25-16)12-9-11(20)7-8-15(12)28-2/h4-10H,3H2,1-2H3. The van der Waals surface area contributed by atoms with E-state index in [1.165, 1.54) is 44.4 Å². The number of alkyl halides is 3. The summed E-state index contributed by atoms with van der Waals surface area (Å²) >= 11 is 0. The molecular weight excluding hydrogens is 394 g/mol. The van der Waals surface area contributed by atoms with Crippen LogP contribution in [-0.2, 0) is 10.9 Å². The van der Waals surface area contributed by atoms with Crippen molar-refractivity contribution in [3.05, 3.63) is 59.7 Å². The van der Waals surface area contributed by atoms with E-state index in [9.17, 15) is 22.4 Å². The minimum absolute atomic E-state index is 0.0889. The van der Waals surface area contributed by atoms with Gasteiger partial charge >= 0.3 is 12.1 Å². The number of carbonyl (C=O) groups excluding carboxylic acids is 1. The summed E-state index contributed by atoms with van der Waals surface area (Å²) in [5.41, 5.74) is -1.62. The first-order valence-electron chi connectivity index (χ1n) is 8.40. The van der Waals surface area contributed by atoms with Crippen molar-refractivity contribution in [2.75, 3.05) is 13.7 Å². The van der Waals surface area contributed by atoms with Crippen LogP contribution in [0.25, 0.3) is 17.1 Å². The Morgan fingerprint density at radius 3 is 2.62 bits per heavy atom. The number of hydrogen-bond donors (Lipinski definition) is 0. The Hall–Kier alpha value is -3.43. The Morgan fingerprint density at radius 2 is 1.97 bits per heavy atom. The van der Waals surface area contributed by atoms with Gasteiger partial charge in [-0.1, -0.05) is 6.07 Å². The maximum atomic E-state index is 13.7. The summed E-state index contributed by atoms with van der Waals surface area (Å²) in [5.74, 6) is -1.63. The monoisotopic (exact) mass is 409 g/mol. The normalized spacial score (nSPS) is 11.4. The first-order chi connectivity index (χ1) is 13.8. The SMILES string of the molecule is CCOC(=O)c1cnn(-c2cccc(-c3cc(F)ccc3OC)n2)c1C(F)(F)F. The first-order valence-corrected chi connectivity index (χ1v) is 8.40. The molecule has 2 heterocycles. The number of hydrogen-bond acceptors (Lipinski definition) is 5. The van der Waals surface area contributed by atoms with Gasteiger partial charge in [-0.05, 0) is 37.3 Å². The van der Waals surface area contributed by atoms with Gasteiger partial charge in [-0.3, -0.25) is 0 Å². The second-order valence-corrected chi connectivity index (χ2v) is 5.76. The van der Waals surface area contributed by atoms with Crippen molar-refractivity contribution in [3.8, 4) is 22.8 Å². The topological polar surface area (TPSA) is 66.2 Å². The van der Waals surface area contributed by atoms with Crippen LogP contribution in [0.4, 0.5) is 17.6 Å². The Balaban J connectivity index is 2.15. The molecule has 6 nitrogen and oxygen atoms in total. The average molecular weight is 409 g/mol. The maximum absolute atomic E-state index is 13.7. The van der Waals surface area contributed by atoms with E-state index in [0.717, 1.165) is 12.3 Å². The Labute approximate surface area is 162 Å². The summed E-state index contributed by atoms with van der Waals surface area (Å²) < 4.78 is 65.0. The van der Waals surface area contributed by atoms with E-state index in [2.05, 4.69) is 14.8 Å². The van der Waals surface area contributed by atoms with Gasteiger partial charge in [-0.2, -0.15) is 18.3 Å². The van der Waals surface area contributed by atoms with Gasteiger partial charge in [0, 0.05) is 5.56 Å². The molecule has 0 N–H and O–H groups in total. The molecule has 0 saturated heterocycles. The van der Waals surface area contributed by atoms with Crippen LogP contribution in [0.15, 0.2) is 42.6 Å². The lowest BCUT2D eigenvalue weighted by Gasteiger charge is -2.13. The molecule has 3 aromatic rings. The van der Waals surface area contributed by atoms with Crippen LogP contribution in [0.1, 0.15) is 23.0 Å². The van der Waals surface area contributed by atoms with Crippen molar-refractivity contribution < 1.29 is 31.8 Å². The van der Waals surface area contributed by atoms with Crippen molar-refractivity contribution in [2.24, 2.45) is 0 Å². The highest BCUT2D eigenvalue weighted by Gasteiger charge is 2.41. The zero-order valence-electron chi connectivity index (χ0n) is 15.3. The molecule has 0 aliphatic carbocycles. The van der Waals surface area contributed by atoms with E-state index in [4.69, 9.17) is 4.74 Å². The summed E-state index contributed by atoms with van der Waals surface area (Å²) in [7, 11) is 1.38. The molecule has 0 atom stereocenters. The molecule has 0 saturated carbocycles. The fraction of sp³-hybridized carbons (Fsp3) is 0.211. The highest BCUT2D eigenvalue weighted by Crippen LogP contribution is 2.35. The molecule has 2 aromatic heterocycles. The number of methoxy groups -OCH3 is 1. The van der Waals surface area contributed by atoms with Crippen LogP contribution in [0.2, 0.25) is 0 Å². The number of aromatic nitrogens is 3. The van der Waals surface area contributed by atoms with Crippen molar-refractivity contribution in [2.45, 2.75) is 13.1 Å². The minimum Gasteiger partial charge on any atom is -0.496 e. The van der Waals surface area contributed by atoms with E-state index in [1.54, 1.807) is 0 Å². The van der Waals surface area contributed by atoms with Gasteiger partial charge in [0.15, 0.2) is 11.5 Å². The highest BCUT2D eigenvalue weighted by molar-refractivity contribution is 5.90. The van der Waals surface area contributed by atoms with Crippen LogP contribution < -0.4 is 4.74 Å². The third-order valence-corrected chi connectivity index (χ3v) is 3.92. The van der Waals surface area contributed by atoms with Gasteiger partial charge in [0.2, 0.25) is 0 Å². The summed E-state index contributed by atoms with van der Waals surface area (Å²) in [5, 5.41) is 3.68. The number of benzene rings is 1. The Bertz CT molecular complexity index is 1050. The van der Waals surface area contributed by atoms with Crippen molar-refractivity contribution in [1.29, 1.82) is 0 Å². The fourth-order valence-electron chi connectivity index (χ4n) is 2.72. The van der Waals surface area contributed by atoms with Crippen LogP contribution in [0.5, 0.6) is 5.75 Å². The van der Waals surface area contributed by atoms with Crippen LogP contribution in [-0.4, -0.2) is 34.5 Å². The summed E-state index contributed by atoms with van der Waals surface area (Å²) in [6.45, 7) is 1.39. The molecule has 0 bridgehead atoms. The number of nitrogens with zero attached hydrogens (tertiary/aromatic N) is 3. The molecule has 0 spiro atoms. The highest BCUT2D eigenvalue weighted by atomic mass is 19.4. The van der Waals surface area contributed by atoms with Crippen LogP contribution in [0.3, 0.4) is 0 Å². The average Bonchev–Trinajstić information content (AvgIpc) is 3.14. The number of halogens is 4. The van der Waals surface area contributed by atoms with Crippen molar-refractivity contribution in [3.63, 3.8) is 0 Å². The smallest absolute Gasteiger partial charge is 0.434 e. The Kier molecular flexibility index (Phi) is 5.53. The van der Waals surface area contributed by atoms with Crippen molar-refractivity contribution in [1.82, 2.24) is 14.8 Å². The van der Waals surface area contributed by atoms with E-state index in [1.807, 2.05) is 0 Å². The lowest BCUT2D eigenvalue weighted by Crippen LogP contribution is -2.19. The quantitative estimate of drug-likeness (QED) is 0.465. The second-order valence-electron chi connectivity index (χ2n) is 5.76. The minimum atomic E-state index is -4.90. The molecule has 152 valence electrons. The molecule has 0 aliphatic heterocycles. The predicted octanol–water partition coefficient (Wildman–Crippen LogP) is 4.28. The molecule has 0 fully saturated rings. The Morgan fingerprint density at radius 1 is 1.21 bits per heavy atom. The van der Waals surface area contributed by atoms with Gasteiger partial charge in [-0.15, -0.1) is 0 Å².